The van der Waals surface area contributed by atoms with Crippen LogP contribution in [0.5, 0.6) is 0 Å². The molecule has 0 aromatic carbocycles. The van der Waals surface area contributed by atoms with Gasteiger partial charge in [-0.2, -0.15) is 5.10 Å². The lowest BCUT2D eigenvalue weighted by atomic mass is 10.3. The van der Waals surface area contributed by atoms with Crippen LogP contribution in [-0.4, -0.2) is 25.8 Å². The van der Waals surface area contributed by atoms with Crippen molar-refractivity contribution in [2.75, 3.05) is 0 Å². The van der Waals surface area contributed by atoms with Gasteiger partial charge in [0.2, 0.25) is 0 Å². The number of rotatable bonds is 2. The van der Waals surface area contributed by atoms with Crippen molar-refractivity contribution in [3.8, 4) is 5.69 Å². The highest BCUT2D eigenvalue weighted by molar-refractivity contribution is 14.1. The van der Waals surface area contributed by atoms with E-state index in [9.17, 15) is 4.79 Å². The molecule has 6 heteroatoms. The minimum Gasteiger partial charge on any atom is -0.477 e. The number of nitrogens with zero attached hydrogens (tertiary/aromatic N) is 3. The van der Waals surface area contributed by atoms with Crippen molar-refractivity contribution < 1.29 is 9.90 Å². The van der Waals surface area contributed by atoms with Gasteiger partial charge in [-0.15, -0.1) is 0 Å². The molecule has 76 valence electrons. The minimum atomic E-state index is -1.03. The molecule has 0 amide bonds. The topological polar surface area (TPSA) is 68.0 Å². The predicted octanol–water partition coefficient (Wildman–Crippen LogP) is 1.57. The van der Waals surface area contributed by atoms with E-state index in [0.29, 0.717) is 0 Å². The molecule has 0 fully saturated rings. The Labute approximate surface area is 98.9 Å². The Bertz CT molecular complexity index is 492. The summed E-state index contributed by atoms with van der Waals surface area (Å²) in [6, 6.07) is 3.12. The third-order valence-corrected chi connectivity index (χ3v) is 2.34. The van der Waals surface area contributed by atoms with Crippen LogP contribution in [0, 0.1) is 3.57 Å². The zero-order valence-electron chi connectivity index (χ0n) is 7.46. The van der Waals surface area contributed by atoms with Gasteiger partial charge in [-0.1, -0.05) is 0 Å². The van der Waals surface area contributed by atoms with E-state index in [1.807, 2.05) is 6.20 Å². The van der Waals surface area contributed by atoms with Crippen LogP contribution in [0.25, 0.3) is 5.69 Å². The number of pyridine rings is 1. The highest BCUT2D eigenvalue weighted by Crippen LogP contribution is 2.09. The molecule has 2 aromatic heterocycles. The van der Waals surface area contributed by atoms with Crippen LogP contribution in [0.1, 0.15) is 10.5 Å². The van der Waals surface area contributed by atoms with Crippen molar-refractivity contribution in [1.82, 2.24) is 14.8 Å². The molecule has 0 aliphatic rings. The zero-order chi connectivity index (χ0) is 10.8. The van der Waals surface area contributed by atoms with Gasteiger partial charge < -0.3 is 5.11 Å². The largest absolute Gasteiger partial charge is 0.477 e. The fraction of sp³-hybridized carbons (Fsp3) is 0. The Morgan fingerprint density at radius 1 is 1.40 bits per heavy atom. The van der Waals surface area contributed by atoms with Gasteiger partial charge in [0.15, 0.2) is 0 Å². The first kappa shape index (κ1) is 10.1. The molecule has 0 aliphatic heterocycles. The van der Waals surface area contributed by atoms with E-state index in [0.717, 1.165) is 9.26 Å². The lowest BCUT2D eigenvalue weighted by molar-refractivity contribution is 0.0690. The predicted molar refractivity (Wildman–Crippen MR) is 61.0 cm³/mol. The number of halogens is 1. The Morgan fingerprint density at radius 3 is 2.67 bits per heavy atom. The van der Waals surface area contributed by atoms with Crippen molar-refractivity contribution in [2.45, 2.75) is 0 Å². The van der Waals surface area contributed by atoms with Crippen molar-refractivity contribution in [2.24, 2.45) is 0 Å². The summed E-state index contributed by atoms with van der Waals surface area (Å²) in [5, 5.41) is 12.7. The Balaban J connectivity index is 2.35. The van der Waals surface area contributed by atoms with Crippen molar-refractivity contribution in [3.63, 3.8) is 0 Å². The number of aromatic nitrogens is 3. The van der Waals surface area contributed by atoms with Gasteiger partial charge in [-0.25, -0.2) is 14.5 Å². The van der Waals surface area contributed by atoms with Gasteiger partial charge in [-0.3, -0.25) is 0 Å². The first-order valence-corrected chi connectivity index (χ1v) is 5.14. The molecule has 0 saturated carbocycles. The van der Waals surface area contributed by atoms with Gasteiger partial charge in [0.1, 0.15) is 5.69 Å². The Hall–Kier alpha value is -1.44. The maximum atomic E-state index is 10.6. The highest BCUT2D eigenvalue weighted by atomic mass is 127. The number of carboxylic acid groups (broad SMARTS) is 1. The second kappa shape index (κ2) is 3.97. The summed E-state index contributed by atoms with van der Waals surface area (Å²) in [5.74, 6) is -1.03. The molecule has 2 heterocycles. The maximum absolute atomic E-state index is 10.6. The quantitative estimate of drug-likeness (QED) is 0.854. The highest BCUT2D eigenvalue weighted by Gasteiger charge is 2.04. The van der Waals surface area contributed by atoms with Crippen molar-refractivity contribution in [3.05, 3.63) is 40.0 Å². The standard InChI is InChI=1S/C9H6IN3O2/c10-6-3-12-13(5-6)7-1-2-8(9(14)15)11-4-7/h1-5H,(H,14,15). The van der Waals surface area contributed by atoms with Crippen LogP contribution in [0.15, 0.2) is 30.7 Å². The molecule has 0 spiro atoms. The van der Waals surface area contributed by atoms with E-state index in [-0.39, 0.29) is 5.69 Å². The second-order valence-electron chi connectivity index (χ2n) is 2.81. The SMILES string of the molecule is O=C(O)c1ccc(-n2cc(I)cn2)cn1. The van der Waals surface area contributed by atoms with Crippen LogP contribution in [0.2, 0.25) is 0 Å². The van der Waals surface area contributed by atoms with E-state index in [2.05, 4.69) is 32.7 Å². The van der Waals surface area contributed by atoms with Gasteiger partial charge >= 0.3 is 5.97 Å². The van der Waals surface area contributed by atoms with E-state index in [1.165, 1.54) is 12.3 Å². The molecule has 0 bridgehead atoms. The normalized spacial score (nSPS) is 10.2. The summed E-state index contributed by atoms with van der Waals surface area (Å²) in [6.45, 7) is 0. The molecule has 2 aromatic rings. The molecule has 0 saturated heterocycles. The summed E-state index contributed by atoms with van der Waals surface area (Å²) >= 11 is 2.15. The van der Waals surface area contributed by atoms with Crippen LogP contribution in [0.3, 0.4) is 0 Å². The zero-order valence-corrected chi connectivity index (χ0v) is 9.62. The molecular weight excluding hydrogens is 309 g/mol. The average Bonchev–Trinajstić information content (AvgIpc) is 2.65. The minimum absolute atomic E-state index is 0.0283. The van der Waals surface area contributed by atoms with E-state index < -0.39 is 5.97 Å². The fourth-order valence-corrected chi connectivity index (χ4v) is 1.48. The van der Waals surface area contributed by atoms with Crippen LogP contribution >= 0.6 is 22.6 Å². The van der Waals surface area contributed by atoms with E-state index >= 15 is 0 Å². The van der Waals surface area contributed by atoms with Crippen LogP contribution in [-0.2, 0) is 0 Å². The van der Waals surface area contributed by atoms with Gasteiger partial charge in [0.05, 0.1) is 21.7 Å². The molecule has 5 nitrogen and oxygen atoms in total. The number of carbonyl (C=O) groups is 1. The summed E-state index contributed by atoms with van der Waals surface area (Å²) < 4.78 is 2.65. The molecule has 0 aliphatic carbocycles. The Kier molecular flexibility index (Phi) is 2.67. The fourth-order valence-electron chi connectivity index (χ4n) is 1.09. The first-order chi connectivity index (χ1) is 7.16. The molecule has 0 unspecified atom stereocenters. The molecule has 15 heavy (non-hydrogen) atoms. The average molecular weight is 315 g/mol. The molecule has 1 N–H and O–H groups in total. The van der Waals surface area contributed by atoms with Gasteiger partial charge in [-0.05, 0) is 34.7 Å². The number of hydrogen-bond donors (Lipinski definition) is 1. The van der Waals surface area contributed by atoms with Gasteiger partial charge in [0, 0.05) is 6.20 Å². The summed E-state index contributed by atoms with van der Waals surface area (Å²) in [4.78, 5) is 14.4. The smallest absolute Gasteiger partial charge is 0.354 e. The molecule has 0 atom stereocenters. The van der Waals surface area contributed by atoms with Crippen LogP contribution < -0.4 is 0 Å². The van der Waals surface area contributed by atoms with Crippen molar-refractivity contribution >= 4 is 28.6 Å². The summed E-state index contributed by atoms with van der Waals surface area (Å²) in [5.41, 5.74) is 0.767. The van der Waals surface area contributed by atoms with Gasteiger partial charge in [0.25, 0.3) is 0 Å². The third kappa shape index (κ3) is 2.14. The lowest BCUT2D eigenvalue weighted by Gasteiger charge is -2.00. The summed E-state index contributed by atoms with van der Waals surface area (Å²) in [6.07, 6.45) is 5.02. The number of hydrogen-bond acceptors (Lipinski definition) is 3. The number of aromatic carboxylic acids is 1. The maximum Gasteiger partial charge on any atom is 0.354 e. The summed E-state index contributed by atoms with van der Waals surface area (Å²) in [7, 11) is 0. The number of carboxylic acids is 1. The third-order valence-electron chi connectivity index (χ3n) is 1.78. The monoisotopic (exact) mass is 315 g/mol. The molecule has 2 rings (SSSR count). The second-order valence-corrected chi connectivity index (χ2v) is 4.06. The lowest BCUT2D eigenvalue weighted by Crippen LogP contribution is -2.01. The van der Waals surface area contributed by atoms with Crippen molar-refractivity contribution in [1.29, 1.82) is 0 Å². The van der Waals surface area contributed by atoms with E-state index in [1.54, 1.807) is 16.9 Å². The van der Waals surface area contributed by atoms with Crippen LogP contribution in [0.4, 0.5) is 0 Å². The Morgan fingerprint density at radius 2 is 2.20 bits per heavy atom. The first-order valence-electron chi connectivity index (χ1n) is 4.07. The molecule has 0 radical (unpaired) electrons. The van der Waals surface area contributed by atoms with E-state index in [4.69, 9.17) is 5.11 Å². The molecular formula is C9H6IN3O2.